The number of benzene rings is 3. The zero-order valence-corrected chi connectivity index (χ0v) is 22.7. The number of halogens is 2. The summed E-state index contributed by atoms with van der Waals surface area (Å²) in [7, 11) is -4.11. The molecule has 1 amide bonds. The summed E-state index contributed by atoms with van der Waals surface area (Å²) >= 11 is 11.9. The summed E-state index contributed by atoms with van der Waals surface area (Å²) in [5, 5.41) is 12.5. The molecule has 3 aromatic carbocycles. The van der Waals surface area contributed by atoms with E-state index in [1.54, 1.807) is 42.5 Å². The van der Waals surface area contributed by atoms with Gasteiger partial charge in [0.25, 0.3) is 0 Å². The molecular formula is C27H24Cl2N2O7S. The summed E-state index contributed by atoms with van der Waals surface area (Å²) in [4.78, 5) is 37.1. The number of esters is 1. The van der Waals surface area contributed by atoms with Gasteiger partial charge in [0.05, 0.1) is 10.5 Å². The number of ether oxygens (including phenoxy) is 1. The lowest BCUT2D eigenvalue weighted by Crippen LogP contribution is -2.51. The van der Waals surface area contributed by atoms with Crippen molar-refractivity contribution in [2.75, 3.05) is 6.54 Å². The van der Waals surface area contributed by atoms with E-state index in [9.17, 15) is 27.9 Å². The molecule has 1 heterocycles. The molecule has 12 heteroatoms. The Kier molecular flexibility index (Phi) is 8.91. The second-order valence-electron chi connectivity index (χ2n) is 8.88. The Labute approximate surface area is 235 Å². The van der Waals surface area contributed by atoms with Gasteiger partial charge in [-0.05, 0) is 60.9 Å². The van der Waals surface area contributed by atoms with Crippen LogP contribution in [0.4, 0.5) is 0 Å². The SMILES string of the molecule is O=C(Oc1ccc(C[C@H](NC(=O)[C@@H]2CCCN2S(=O)(=O)c2cc(Cl)cc(Cl)c2)C(=O)O)cc1)c1ccccc1. The number of carbonyl (C=O) groups excluding carboxylic acids is 2. The number of nitrogens with zero attached hydrogens (tertiary/aromatic N) is 1. The van der Waals surface area contributed by atoms with E-state index in [1.807, 2.05) is 0 Å². The highest BCUT2D eigenvalue weighted by Crippen LogP contribution is 2.30. The van der Waals surface area contributed by atoms with Crippen LogP contribution in [0.1, 0.15) is 28.8 Å². The van der Waals surface area contributed by atoms with Crippen molar-refractivity contribution in [1.82, 2.24) is 9.62 Å². The van der Waals surface area contributed by atoms with Gasteiger partial charge in [-0.25, -0.2) is 18.0 Å². The standard InChI is InChI=1S/C27H24Cl2N2O7S/c28-19-14-20(29)16-22(15-19)39(36,37)31-12-4-7-24(31)25(32)30-23(26(33)34)13-17-8-10-21(11-9-17)38-27(35)18-5-2-1-3-6-18/h1-3,5-6,8-11,14-16,23-24H,4,7,12-13H2,(H,30,32)(H,33,34)/t23-,24-/m0/s1. The number of carboxylic acids is 1. The first-order valence-corrected chi connectivity index (χ1v) is 14.1. The Balaban J connectivity index is 1.43. The maximum Gasteiger partial charge on any atom is 0.343 e. The molecule has 0 radical (unpaired) electrons. The van der Waals surface area contributed by atoms with Gasteiger partial charge < -0.3 is 15.2 Å². The first kappa shape index (κ1) is 28.6. The van der Waals surface area contributed by atoms with Gasteiger partial charge in [0.1, 0.15) is 17.8 Å². The van der Waals surface area contributed by atoms with Crippen molar-refractivity contribution in [2.45, 2.75) is 36.2 Å². The van der Waals surface area contributed by atoms with Crippen LogP contribution < -0.4 is 10.1 Å². The van der Waals surface area contributed by atoms with Crippen molar-refractivity contribution in [1.29, 1.82) is 0 Å². The van der Waals surface area contributed by atoms with E-state index in [0.717, 1.165) is 4.31 Å². The fraction of sp³-hybridized carbons (Fsp3) is 0.222. The Hall–Kier alpha value is -3.44. The molecule has 2 atom stereocenters. The number of carbonyl (C=O) groups is 3. The number of amides is 1. The van der Waals surface area contributed by atoms with Crippen LogP contribution in [0.15, 0.2) is 77.7 Å². The summed E-state index contributed by atoms with van der Waals surface area (Å²) in [5.41, 5.74) is 0.948. The van der Waals surface area contributed by atoms with Gasteiger partial charge in [0.15, 0.2) is 0 Å². The van der Waals surface area contributed by atoms with Crippen LogP contribution in [-0.4, -0.2) is 54.3 Å². The molecule has 9 nitrogen and oxygen atoms in total. The summed E-state index contributed by atoms with van der Waals surface area (Å²) in [6.45, 7) is 0.0887. The molecule has 1 aliphatic rings. The molecule has 3 aromatic rings. The summed E-state index contributed by atoms with van der Waals surface area (Å²) in [5.74, 6) is -2.26. The number of hydrogen-bond donors (Lipinski definition) is 2. The Morgan fingerprint density at radius 1 is 1.00 bits per heavy atom. The van der Waals surface area contributed by atoms with Gasteiger partial charge in [-0.15, -0.1) is 0 Å². The van der Waals surface area contributed by atoms with Crippen LogP contribution in [-0.2, 0) is 26.0 Å². The highest BCUT2D eigenvalue weighted by molar-refractivity contribution is 7.89. The van der Waals surface area contributed by atoms with Crippen LogP contribution in [0, 0.1) is 0 Å². The molecule has 0 saturated carbocycles. The van der Waals surface area contributed by atoms with E-state index in [2.05, 4.69) is 5.32 Å². The molecule has 0 aliphatic carbocycles. The smallest absolute Gasteiger partial charge is 0.343 e. The maximum atomic E-state index is 13.2. The van der Waals surface area contributed by atoms with Gasteiger partial charge in [-0.1, -0.05) is 53.5 Å². The van der Waals surface area contributed by atoms with Gasteiger partial charge in [0.2, 0.25) is 15.9 Å². The lowest BCUT2D eigenvalue weighted by Gasteiger charge is -2.25. The van der Waals surface area contributed by atoms with E-state index in [0.29, 0.717) is 17.5 Å². The molecule has 0 bridgehead atoms. The van der Waals surface area contributed by atoms with E-state index in [-0.39, 0.29) is 40.1 Å². The molecule has 1 aliphatic heterocycles. The summed E-state index contributed by atoms with van der Waals surface area (Å²) in [6.07, 6.45) is 0.580. The van der Waals surface area contributed by atoms with Crippen molar-refractivity contribution in [3.8, 4) is 5.75 Å². The van der Waals surface area contributed by atoms with Gasteiger partial charge in [0, 0.05) is 23.0 Å². The van der Waals surface area contributed by atoms with Crippen LogP contribution in [0.5, 0.6) is 5.75 Å². The second-order valence-corrected chi connectivity index (χ2v) is 11.6. The minimum absolute atomic E-state index is 0.0721. The zero-order chi connectivity index (χ0) is 28.2. The number of hydrogen-bond acceptors (Lipinski definition) is 6. The first-order valence-electron chi connectivity index (χ1n) is 11.9. The van der Waals surface area contributed by atoms with Crippen molar-refractivity contribution in [3.63, 3.8) is 0 Å². The summed E-state index contributed by atoms with van der Waals surface area (Å²) < 4.78 is 32.9. The highest BCUT2D eigenvalue weighted by Gasteiger charge is 2.40. The zero-order valence-electron chi connectivity index (χ0n) is 20.4. The monoisotopic (exact) mass is 590 g/mol. The minimum atomic E-state index is -4.11. The van der Waals surface area contributed by atoms with Crippen LogP contribution in [0.25, 0.3) is 0 Å². The lowest BCUT2D eigenvalue weighted by atomic mass is 10.1. The molecule has 4 rings (SSSR count). The quantitative estimate of drug-likeness (QED) is 0.282. The fourth-order valence-electron chi connectivity index (χ4n) is 4.24. The molecule has 0 spiro atoms. The minimum Gasteiger partial charge on any atom is -0.480 e. The number of aliphatic carboxylic acids is 1. The third-order valence-electron chi connectivity index (χ3n) is 6.15. The van der Waals surface area contributed by atoms with E-state index < -0.39 is 40.0 Å². The van der Waals surface area contributed by atoms with Crippen LogP contribution in [0.3, 0.4) is 0 Å². The predicted molar refractivity (Wildman–Crippen MR) is 144 cm³/mol. The molecule has 1 saturated heterocycles. The number of sulfonamides is 1. The van der Waals surface area contributed by atoms with Crippen molar-refractivity contribution in [3.05, 3.63) is 94.0 Å². The molecule has 2 N–H and O–H groups in total. The van der Waals surface area contributed by atoms with Crippen molar-refractivity contribution in [2.24, 2.45) is 0 Å². The first-order chi connectivity index (χ1) is 18.5. The van der Waals surface area contributed by atoms with Crippen LogP contribution in [0.2, 0.25) is 10.0 Å². The molecule has 39 heavy (non-hydrogen) atoms. The van der Waals surface area contributed by atoms with E-state index >= 15 is 0 Å². The molecular weight excluding hydrogens is 567 g/mol. The second kappa shape index (κ2) is 12.2. The average molecular weight is 591 g/mol. The number of rotatable bonds is 9. The largest absolute Gasteiger partial charge is 0.480 e. The van der Waals surface area contributed by atoms with Crippen molar-refractivity contribution < 1.29 is 32.6 Å². The molecule has 0 aromatic heterocycles. The van der Waals surface area contributed by atoms with Crippen molar-refractivity contribution >= 4 is 51.1 Å². The molecule has 204 valence electrons. The third-order valence-corrected chi connectivity index (χ3v) is 8.47. The van der Waals surface area contributed by atoms with Gasteiger partial charge >= 0.3 is 11.9 Å². The number of nitrogens with one attached hydrogen (secondary N) is 1. The highest BCUT2D eigenvalue weighted by atomic mass is 35.5. The topological polar surface area (TPSA) is 130 Å². The Bertz CT molecular complexity index is 1460. The maximum absolute atomic E-state index is 13.2. The Morgan fingerprint density at radius 3 is 2.26 bits per heavy atom. The molecule has 0 unspecified atom stereocenters. The van der Waals surface area contributed by atoms with E-state index in [1.165, 1.54) is 30.3 Å². The predicted octanol–water partition coefficient (Wildman–Crippen LogP) is 4.18. The van der Waals surface area contributed by atoms with E-state index in [4.69, 9.17) is 27.9 Å². The Morgan fingerprint density at radius 2 is 1.64 bits per heavy atom. The summed E-state index contributed by atoms with van der Waals surface area (Å²) in [6, 6.07) is 16.2. The average Bonchev–Trinajstić information content (AvgIpc) is 3.40. The normalized spacial score (nSPS) is 16.4. The third kappa shape index (κ3) is 6.96. The fourth-order valence-corrected chi connectivity index (χ4v) is 6.62. The number of carboxylic acid groups (broad SMARTS) is 1. The molecule has 1 fully saturated rings. The van der Waals surface area contributed by atoms with Crippen LogP contribution >= 0.6 is 23.2 Å². The van der Waals surface area contributed by atoms with Gasteiger partial charge in [-0.3, -0.25) is 4.79 Å². The lowest BCUT2D eigenvalue weighted by molar-refractivity contribution is -0.142. The van der Waals surface area contributed by atoms with Gasteiger partial charge in [-0.2, -0.15) is 4.31 Å².